The summed E-state index contributed by atoms with van der Waals surface area (Å²) in [6.07, 6.45) is 7.02. The summed E-state index contributed by atoms with van der Waals surface area (Å²) < 4.78 is 0. The number of carbonyl (C=O) groups is 1. The summed E-state index contributed by atoms with van der Waals surface area (Å²) in [7, 11) is 1.86. The SMILES string of the molecule is CN(C(=O)CC1CCCCC1)c1ccc(CN)cc1. The number of nitrogens with two attached hydrogens (primary N) is 1. The lowest BCUT2D eigenvalue weighted by Gasteiger charge is -2.24. The van der Waals surface area contributed by atoms with Crippen molar-refractivity contribution in [3.63, 3.8) is 0 Å². The van der Waals surface area contributed by atoms with Crippen molar-refractivity contribution in [3.8, 4) is 0 Å². The van der Waals surface area contributed by atoms with Crippen molar-refractivity contribution in [2.75, 3.05) is 11.9 Å². The summed E-state index contributed by atoms with van der Waals surface area (Å²) in [4.78, 5) is 14.0. The second-order valence-corrected chi connectivity index (χ2v) is 5.53. The normalized spacial score (nSPS) is 16.3. The fraction of sp³-hybridized carbons (Fsp3) is 0.562. The maximum atomic E-state index is 12.3. The molecule has 0 spiro atoms. The van der Waals surface area contributed by atoms with E-state index in [1.807, 2.05) is 31.3 Å². The Morgan fingerprint density at radius 1 is 1.21 bits per heavy atom. The second kappa shape index (κ2) is 6.71. The Morgan fingerprint density at radius 2 is 1.84 bits per heavy atom. The molecule has 0 saturated heterocycles. The van der Waals surface area contributed by atoms with Crippen LogP contribution in [0.15, 0.2) is 24.3 Å². The van der Waals surface area contributed by atoms with E-state index in [1.54, 1.807) is 4.90 Å². The lowest BCUT2D eigenvalue weighted by atomic mass is 9.86. The van der Waals surface area contributed by atoms with E-state index in [9.17, 15) is 4.79 Å². The van der Waals surface area contributed by atoms with Crippen LogP contribution in [-0.2, 0) is 11.3 Å². The van der Waals surface area contributed by atoms with Gasteiger partial charge in [0.05, 0.1) is 0 Å². The molecule has 0 unspecified atom stereocenters. The first kappa shape index (κ1) is 14.1. The summed E-state index contributed by atoms with van der Waals surface area (Å²) in [5.74, 6) is 0.819. The first-order valence-electron chi connectivity index (χ1n) is 7.26. The zero-order valence-corrected chi connectivity index (χ0v) is 11.8. The predicted octanol–water partition coefficient (Wildman–Crippen LogP) is 3.08. The molecule has 2 rings (SSSR count). The van der Waals surface area contributed by atoms with Crippen LogP contribution < -0.4 is 10.6 Å². The van der Waals surface area contributed by atoms with Gasteiger partial charge in [0, 0.05) is 25.7 Å². The molecule has 1 amide bonds. The lowest BCUT2D eigenvalue weighted by molar-refractivity contribution is -0.119. The largest absolute Gasteiger partial charge is 0.326 e. The number of carbonyl (C=O) groups excluding carboxylic acids is 1. The highest BCUT2D eigenvalue weighted by atomic mass is 16.2. The number of amides is 1. The molecule has 19 heavy (non-hydrogen) atoms. The molecule has 1 fully saturated rings. The minimum atomic E-state index is 0.229. The topological polar surface area (TPSA) is 46.3 Å². The highest BCUT2D eigenvalue weighted by Gasteiger charge is 2.19. The Labute approximate surface area is 115 Å². The van der Waals surface area contributed by atoms with Gasteiger partial charge in [-0.05, 0) is 36.5 Å². The molecule has 0 aliphatic heterocycles. The van der Waals surface area contributed by atoms with Crippen LogP contribution in [0.5, 0.6) is 0 Å². The molecule has 1 aromatic carbocycles. The number of anilines is 1. The van der Waals surface area contributed by atoms with Gasteiger partial charge in [0.25, 0.3) is 0 Å². The van der Waals surface area contributed by atoms with Crippen LogP contribution in [0, 0.1) is 5.92 Å². The van der Waals surface area contributed by atoms with Gasteiger partial charge in [-0.15, -0.1) is 0 Å². The number of hydrogen-bond donors (Lipinski definition) is 1. The fourth-order valence-corrected chi connectivity index (χ4v) is 2.77. The minimum Gasteiger partial charge on any atom is -0.326 e. The highest BCUT2D eigenvalue weighted by Crippen LogP contribution is 2.27. The maximum Gasteiger partial charge on any atom is 0.226 e. The summed E-state index contributed by atoms with van der Waals surface area (Å²) in [5.41, 5.74) is 7.63. The summed E-state index contributed by atoms with van der Waals surface area (Å²) >= 11 is 0. The van der Waals surface area contributed by atoms with Crippen LogP contribution in [0.25, 0.3) is 0 Å². The van der Waals surface area contributed by atoms with E-state index in [2.05, 4.69) is 0 Å². The molecule has 0 atom stereocenters. The van der Waals surface area contributed by atoms with Crippen LogP contribution >= 0.6 is 0 Å². The summed E-state index contributed by atoms with van der Waals surface area (Å²) in [6.45, 7) is 0.542. The first-order valence-corrected chi connectivity index (χ1v) is 7.26. The molecule has 104 valence electrons. The van der Waals surface area contributed by atoms with Crippen LogP contribution in [0.4, 0.5) is 5.69 Å². The Hall–Kier alpha value is -1.35. The molecule has 3 nitrogen and oxygen atoms in total. The Bertz CT molecular complexity index is 407. The zero-order chi connectivity index (χ0) is 13.7. The quantitative estimate of drug-likeness (QED) is 0.904. The molecule has 0 heterocycles. The van der Waals surface area contributed by atoms with Crippen molar-refractivity contribution < 1.29 is 4.79 Å². The monoisotopic (exact) mass is 260 g/mol. The van der Waals surface area contributed by atoms with Gasteiger partial charge in [0.1, 0.15) is 0 Å². The average molecular weight is 260 g/mol. The van der Waals surface area contributed by atoms with Gasteiger partial charge < -0.3 is 10.6 Å². The third kappa shape index (κ3) is 3.80. The van der Waals surface area contributed by atoms with E-state index < -0.39 is 0 Å². The van der Waals surface area contributed by atoms with Gasteiger partial charge in [0.2, 0.25) is 5.91 Å². The average Bonchev–Trinajstić information content (AvgIpc) is 2.47. The molecule has 0 aromatic heterocycles. The molecule has 0 bridgehead atoms. The van der Waals surface area contributed by atoms with Gasteiger partial charge in [-0.25, -0.2) is 0 Å². The molecule has 2 N–H and O–H groups in total. The number of benzene rings is 1. The summed E-state index contributed by atoms with van der Waals surface area (Å²) in [5, 5.41) is 0. The van der Waals surface area contributed by atoms with Crippen molar-refractivity contribution in [1.82, 2.24) is 0 Å². The number of rotatable bonds is 4. The fourth-order valence-electron chi connectivity index (χ4n) is 2.77. The van der Waals surface area contributed by atoms with Gasteiger partial charge in [-0.1, -0.05) is 31.4 Å². The van der Waals surface area contributed by atoms with Crippen LogP contribution in [0.2, 0.25) is 0 Å². The Balaban J connectivity index is 1.93. The van der Waals surface area contributed by atoms with Crippen molar-refractivity contribution in [2.24, 2.45) is 11.7 Å². The van der Waals surface area contributed by atoms with Crippen LogP contribution in [-0.4, -0.2) is 13.0 Å². The van der Waals surface area contributed by atoms with Crippen LogP contribution in [0.1, 0.15) is 44.1 Å². The van der Waals surface area contributed by atoms with E-state index in [4.69, 9.17) is 5.73 Å². The van der Waals surface area contributed by atoms with Crippen molar-refractivity contribution in [2.45, 2.75) is 45.1 Å². The van der Waals surface area contributed by atoms with Gasteiger partial charge in [0.15, 0.2) is 0 Å². The molecule has 1 saturated carbocycles. The Kier molecular flexibility index (Phi) is 4.97. The van der Waals surface area contributed by atoms with Crippen molar-refractivity contribution in [3.05, 3.63) is 29.8 Å². The van der Waals surface area contributed by atoms with E-state index in [0.29, 0.717) is 18.9 Å². The lowest BCUT2D eigenvalue weighted by Crippen LogP contribution is -2.28. The molecule has 1 aromatic rings. The second-order valence-electron chi connectivity index (χ2n) is 5.53. The third-order valence-electron chi connectivity index (χ3n) is 4.12. The first-order chi connectivity index (χ1) is 9.20. The van der Waals surface area contributed by atoms with E-state index in [0.717, 1.165) is 11.3 Å². The Morgan fingerprint density at radius 3 is 2.42 bits per heavy atom. The van der Waals surface area contributed by atoms with E-state index in [1.165, 1.54) is 32.1 Å². The molecule has 1 aliphatic carbocycles. The van der Waals surface area contributed by atoms with Crippen molar-refractivity contribution >= 4 is 11.6 Å². The smallest absolute Gasteiger partial charge is 0.226 e. The van der Waals surface area contributed by atoms with E-state index in [-0.39, 0.29) is 5.91 Å². The molecule has 1 aliphatic rings. The molecule has 3 heteroatoms. The summed E-state index contributed by atoms with van der Waals surface area (Å²) in [6, 6.07) is 7.92. The van der Waals surface area contributed by atoms with E-state index >= 15 is 0 Å². The number of hydrogen-bond acceptors (Lipinski definition) is 2. The zero-order valence-electron chi connectivity index (χ0n) is 11.8. The molecular formula is C16H24N2O. The van der Waals surface area contributed by atoms with Crippen LogP contribution in [0.3, 0.4) is 0 Å². The van der Waals surface area contributed by atoms with Gasteiger partial charge >= 0.3 is 0 Å². The minimum absolute atomic E-state index is 0.229. The predicted molar refractivity (Wildman–Crippen MR) is 78.9 cm³/mol. The van der Waals surface area contributed by atoms with Crippen molar-refractivity contribution in [1.29, 1.82) is 0 Å². The number of nitrogens with zero attached hydrogens (tertiary/aromatic N) is 1. The standard InChI is InChI=1S/C16H24N2O/c1-18(15-9-7-14(12-17)8-10-15)16(19)11-13-5-3-2-4-6-13/h7-10,13H,2-6,11-12,17H2,1H3. The van der Waals surface area contributed by atoms with Gasteiger partial charge in [-0.2, -0.15) is 0 Å². The molecular weight excluding hydrogens is 236 g/mol. The maximum absolute atomic E-state index is 12.3. The molecule has 0 radical (unpaired) electrons. The third-order valence-corrected chi connectivity index (χ3v) is 4.12. The van der Waals surface area contributed by atoms with Gasteiger partial charge in [-0.3, -0.25) is 4.79 Å². The highest BCUT2D eigenvalue weighted by molar-refractivity contribution is 5.92.